The third-order valence-corrected chi connectivity index (χ3v) is 6.19. The maximum atomic E-state index is 14.0. The van der Waals surface area contributed by atoms with Crippen molar-refractivity contribution in [2.45, 2.75) is 25.4 Å². The summed E-state index contributed by atoms with van der Waals surface area (Å²) in [7, 11) is 0. The molecule has 0 N–H and O–H groups in total. The van der Waals surface area contributed by atoms with Crippen LogP contribution in [0.3, 0.4) is 0 Å². The van der Waals surface area contributed by atoms with Gasteiger partial charge < -0.3 is 9.30 Å². The monoisotopic (exact) mass is 414 g/mol. The van der Waals surface area contributed by atoms with Crippen molar-refractivity contribution in [3.8, 4) is 5.75 Å². The van der Waals surface area contributed by atoms with Crippen LogP contribution in [0.5, 0.6) is 5.75 Å². The van der Waals surface area contributed by atoms with Crippen LogP contribution < -0.4 is 4.74 Å². The molecule has 0 aliphatic carbocycles. The molecule has 0 bridgehead atoms. The van der Waals surface area contributed by atoms with Crippen molar-refractivity contribution in [3.05, 3.63) is 102 Å². The van der Waals surface area contributed by atoms with Gasteiger partial charge in [-0.15, -0.1) is 0 Å². The highest BCUT2D eigenvalue weighted by molar-refractivity contribution is 5.81. The fraction of sp³-hybridized carbons (Fsp3) is 0.259. The van der Waals surface area contributed by atoms with Crippen LogP contribution >= 0.6 is 0 Å². The quantitative estimate of drug-likeness (QED) is 0.394. The Morgan fingerprint density at radius 1 is 0.871 bits per heavy atom. The van der Waals surface area contributed by atoms with E-state index in [1.807, 2.05) is 6.07 Å². The number of hydrogen-bond acceptors (Lipinski definition) is 2. The van der Waals surface area contributed by atoms with Gasteiger partial charge in [0.15, 0.2) is 11.6 Å². The average molecular weight is 415 g/mol. The van der Waals surface area contributed by atoms with E-state index in [1.165, 1.54) is 28.2 Å². The van der Waals surface area contributed by atoms with Crippen LogP contribution in [-0.2, 0) is 13.1 Å². The van der Waals surface area contributed by atoms with Gasteiger partial charge in [-0.3, -0.25) is 4.90 Å². The molecule has 1 aliphatic rings. The first kappa shape index (κ1) is 19.8. The van der Waals surface area contributed by atoms with E-state index in [0.29, 0.717) is 18.3 Å². The molecule has 3 aromatic carbocycles. The van der Waals surface area contributed by atoms with Crippen LogP contribution in [-0.4, -0.2) is 29.2 Å². The summed E-state index contributed by atoms with van der Waals surface area (Å²) >= 11 is 0. The van der Waals surface area contributed by atoms with Crippen LogP contribution in [0.1, 0.15) is 23.6 Å². The van der Waals surface area contributed by atoms with E-state index >= 15 is 0 Å². The third-order valence-electron chi connectivity index (χ3n) is 6.19. The lowest BCUT2D eigenvalue weighted by Gasteiger charge is -2.24. The number of fused-ring (bicyclic) bond motifs is 3. The normalized spacial score (nSPS) is 16.7. The SMILES string of the molecule is Fc1ccccc1OCCC1CN(Cc2ccccc2)CCn2c1cc1ccccc12. The first-order valence-electron chi connectivity index (χ1n) is 11.0. The second kappa shape index (κ2) is 8.94. The summed E-state index contributed by atoms with van der Waals surface area (Å²) in [6, 6.07) is 28.2. The van der Waals surface area contributed by atoms with Gasteiger partial charge >= 0.3 is 0 Å². The molecule has 5 rings (SSSR count). The van der Waals surface area contributed by atoms with Gasteiger partial charge in [-0.2, -0.15) is 0 Å². The Bertz CT molecular complexity index is 1150. The maximum absolute atomic E-state index is 14.0. The molecule has 4 heteroatoms. The Balaban J connectivity index is 1.38. The van der Waals surface area contributed by atoms with Crippen LogP contribution in [0.2, 0.25) is 0 Å². The van der Waals surface area contributed by atoms with Crippen LogP contribution in [0.4, 0.5) is 4.39 Å². The van der Waals surface area contributed by atoms with Gasteiger partial charge in [0, 0.05) is 43.3 Å². The second-order valence-corrected chi connectivity index (χ2v) is 8.26. The van der Waals surface area contributed by atoms with E-state index in [0.717, 1.165) is 32.6 Å². The number of halogens is 1. The maximum Gasteiger partial charge on any atom is 0.165 e. The molecule has 1 atom stereocenters. The summed E-state index contributed by atoms with van der Waals surface area (Å²) in [5, 5.41) is 1.29. The first-order valence-corrected chi connectivity index (χ1v) is 11.0. The standard InChI is InChI=1S/C27H27FN2O/c28-24-11-5-7-13-27(24)31-17-14-23-20-29(19-21-8-2-1-3-9-21)15-16-30-25-12-6-4-10-22(25)18-26(23)30/h1-13,18,23H,14-17,19-20H2. The lowest BCUT2D eigenvalue weighted by atomic mass is 10.0. The summed E-state index contributed by atoms with van der Waals surface area (Å²) < 4.78 is 22.3. The van der Waals surface area contributed by atoms with E-state index < -0.39 is 0 Å². The van der Waals surface area contributed by atoms with Crippen molar-refractivity contribution in [1.29, 1.82) is 0 Å². The van der Waals surface area contributed by atoms with E-state index in [1.54, 1.807) is 12.1 Å². The average Bonchev–Trinajstić information content (AvgIpc) is 3.08. The number of ether oxygens (including phenoxy) is 1. The van der Waals surface area contributed by atoms with Gasteiger partial charge in [0.25, 0.3) is 0 Å². The van der Waals surface area contributed by atoms with Crippen molar-refractivity contribution < 1.29 is 9.13 Å². The number of para-hydroxylation sites is 2. The smallest absolute Gasteiger partial charge is 0.165 e. The fourth-order valence-corrected chi connectivity index (χ4v) is 4.65. The van der Waals surface area contributed by atoms with E-state index in [9.17, 15) is 4.39 Å². The molecule has 31 heavy (non-hydrogen) atoms. The minimum Gasteiger partial charge on any atom is -0.490 e. The van der Waals surface area contributed by atoms with E-state index in [2.05, 4.69) is 70.1 Å². The molecule has 1 unspecified atom stereocenters. The Labute approximate surface area is 182 Å². The molecule has 0 saturated carbocycles. The highest BCUT2D eigenvalue weighted by Gasteiger charge is 2.25. The van der Waals surface area contributed by atoms with Crippen LogP contribution in [0.25, 0.3) is 10.9 Å². The van der Waals surface area contributed by atoms with E-state index in [4.69, 9.17) is 4.74 Å². The summed E-state index contributed by atoms with van der Waals surface area (Å²) in [4.78, 5) is 2.53. The molecule has 4 aromatic rings. The van der Waals surface area contributed by atoms with Crippen molar-refractivity contribution in [2.75, 3.05) is 19.7 Å². The Morgan fingerprint density at radius 2 is 1.65 bits per heavy atom. The Morgan fingerprint density at radius 3 is 2.52 bits per heavy atom. The van der Waals surface area contributed by atoms with Crippen LogP contribution in [0, 0.1) is 5.82 Å². The molecule has 0 radical (unpaired) electrons. The van der Waals surface area contributed by atoms with Gasteiger partial charge in [-0.05, 0) is 41.6 Å². The third kappa shape index (κ3) is 4.35. The molecule has 1 aromatic heterocycles. The lowest BCUT2D eigenvalue weighted by Crippen LogP contribution is -2.28. The molecular weight excluding hydrogens is 387 g/mol. The van der Waals surface area contributed by atoms with E-state index in [-0.39, 0.29) is 5.82 Å². The summed E-state index contributed by atoms with van der Waals surface area (Å²) in [5.74, 6) is 0.353. The van der Waals surface area contributed by atoms with Gasteiger partial charge in [-0.25, -0.2) is 4.39 Å². The van der Waals surface area contributed by atoms with Crippen molar-refractivity contribution in [2.24, 2.45) is 0 Å². The highest BCUT2D eigenvalue weighted by atomic mass is 19.1. The van der Waals surface area contributed by atoms with Gasteiger partial charge in [0.05, 0.1) is 6.61 Å². The largest absolute Gasteiger partial charge is 0.490 e. The number of benzene rings is 3. The van der Waals surface area contributed by atoms with Crippen molar-refractivity contribution >= 4 is 10.9 Å². The van der Waals surface area contributed by atoms with Gasteiger partial charge in [-0.1, -0.05) is 60.7 Å². The van der Waals surface area contributed by atoms with Gasteiger partial charge in [0.2, 0.25) is 0 Å². The van der Waals surface area contributed by atoms with Crippen molar-refractivity contribution in [3.63, 3.8) is 0 Å². The summed E-state index contributed by atoms with van der Waals surface area (Å²) in [5.41, 5.74) is 3.98. The molecule has 158 valence electrons. The molecule has 3 nitrogen and oxygen atoms in total. The fourth-order valence-electron chi connectivity index (χ4n) is 4.65. The highest BCUT2D eigenvalue weighted by Crippen LogP contribution is 2.31. The Kier molecular flexibility index (Phi) is 5.72. The second-order valence-electron chi connectivity index (χ2n) is 8.26. The number of hydrogen-bond donors (Lipinski definition) is 0. The number of nitrogens with zero attached hydrogens (tertiary/aromatic N) is 2. The lowest BCUT2D eigenvalue weighted by molar-refractivity contribution is 0.230. The minimum absolute atomic E-state index is 0.303. The van der Waals surface area contributed by atoms with Crippen LogP contribution in [0.15, 0.2) is 84.9 Å². The zero-order valence-electron chi connectivity index (χ0n) is 17.6. The predicted molar refractivity (Wildman–Crippen MR) is 123 cm³/mol. The molecule has 1 aliphatic heterocycles. The van der Waals surface area contributed by atoms with Crippen molar-refractivity contribution in [1.82, 2.24) is 9.47 Å². The summed E-state index contributed by atoms with van der Waals surface area (Å²) in [6.45, 7) is 4.37. The molecule has 0 fully saturated rings. The number of rotatable bonds is 6. The first-order chi connectivity index (χ1) is 15.3. The number of aromatic nitrogens is 1. The molecule has 0 spiro atoms. The molecule has 0 saturated heterocycles. The zero-order valence-corrected chi connectivity index (χ0v) is 17.6. The molecular formula is C27H27FN2O. The summed E-state index contributed by atoms with van der Waals surface area (Å²) in [6.07, 6.45) is 0.843. The topological polar surface area (TPSA) is 17.4 Å². The minimum atomic E-state index is -0.303. The van der Waals surface area contributed by atoms with Gasteiger partial charge in [0.1, 0.15) is 0 Å². The predicted octanol–water partition coefficient (Wildman–Crippen LogP) is 5.85. The Hall–Kier alpha value is -3.11. The molecule has 0 amide bonds. The zero-order chi connectivity index (χ0) is 21.0. The molecule has 2 heterocycles.